The highest BCUT2D eigenvalue weighted by Gasteiger charge is 2.31. The van der Waals surface area contributed by atoms with Crippen LogP contribution in [0.25, 0.3) is 0 Å². The van der Waals surface area contributed by atoms with E-state index in [1.807, 2.05) is 6.92 Å². The molecule has 0 aromatic rings. The predicted molar refractivity (Wildman–Crippen MR) is 53.5 cm³/mol. The van der Waals surface area contributed by atoms with Crippen molar-refractivity contribution >= 4 is 27.7 Å². The van der Waals surface area contributed by atoms with Crippen LogP contribution >= 0.6 is 21.6 Å². The first-order valence-electron chi connectivity index (χ1n) is 3.86. The summed E-state index contributed by atoms with van der Waals surface area (Å²) in [4.78, 5) is 11.1. The second-order valence-corrected chi connectivity index (χ2v) is 5.39. The summed E-state index contributed by atoms with van der Waals surface area (Å²) in [6.07, 6.45) is -0.303. The summed E-state index contributed by atoms with van der Waals surface area (Å²) in [5.74, 6) is 1.91. The standard InChI is InChI=1S/C7H13NO2S2/c1-3-10-6(9)8-7(2)4-11-12-5-7/h3-5H2,1-2H3,(H,8,9). The molecule has 0 unspecified atom stereocenters. The summed E-state index contributed by atoms with van der Waals surface area (Å²) in [6.45, 7) is 4.28. The Labute approximate surface area is 80.4 Å². The number of hydrogen-bond acceptors (Lipinski definition) is 4. The smallest absolute Gasteiger partial charge is 0.407 e. The monoisotopic (exact) mass is 207 g/mol. The van der Waals surface area contributed by atoms with Crippen molar-refractivity contribution in [2.24, 2.45) is 0 Å². The zero-order valence-corrected chi connectivity index (χ0v) is 8.89. The quantitative estimate of drug-likeness (QED) is 0.702. The van der Waals surface area contributed by atoms with Gasteiger partial charge in [0.2, 0.25) is 0 Å². The van der Waals surface area contributed by atoms with Gasteiger partial charge < -0.3 is 10.1 Å². The molecule has 1 fully saturated rings. The van der Waals surface area contributed by atoms with Gasteiger partial charge in [-0.25, -0.2) is 4.79 Å². The molecule has 1 rings (SSSR count). The van der Waals surface area contributed by atoms with Crippen molar-refractivity contribution in [1.29, 1.82) is 0 Å². The van der Waals surface area contributed by atoms with E-state index in [1.165, 1.54) is 0 Å². The Morgan fingerprint density at radius 1 is 1.58 bits per heavy atom. The number of amides is 1. The van der Waals surface area contributed by atoms with E-state index in [-0.39, 0.29) is 11.6 Å². The van der Waals surface area contributed by atoms with Crippen LogP contribution in [-0.2, 0) is 4.74 Å². The summed E-state index contributed by atoms with van der Waals surface area (Å²) in [6, 6.07) is 0. The Bertz CT molecular complexity index is 169. The summed E-state index contributed by atoms with van der Waals surface area (Å²) in [7, 11) is 3.57. The Kier molecular flexibility index (Phi) is 3.58. The van der Waals surface area contributed by atoms with Gasteiger partial charge in [-0.1, -0.05) is 21.6 Å². The van der Waals surface area contributed by atoms with Crippen molar-refractivity contribution in [3.8, 4) is 0 Å². The molecule has 0 bridgehead atoms. The lowest BCUT2D eigenvalue weighted by Crippen LogP contribution is -2.48. The minimum absolute atomic E-state index is 0.0818. The zero-order chi connectivity index (χ0) is 9.03. The van der Waals surface area contributed by atoms with Gasteiger partial charge in [0.15, 0.2) is 0 Å². The number of rotatable bonds is 2. The van der Waals surface area contributed by atoms with Gasteiger partial charge in [0, 0.05) is 11.5 Å². The Morgan fingerprint density at radius 3 is 2.67 bits per heavy atom. The molecule has 0 aromatic heterocycles. The molecule has 0 saturated carbocycles. The van der Waals surface area contributed by atoms with Gasteiger partial charge in [-0.05, 0) is 13.8 Å². The average Bonchev–Trinajstić information content (AvgIpc) is 2.36. The average molecular weight is 207 g/mol. The molecule has 1 N–H and O–H groups in total. The number of alkyl carbamates (subject to hydrolysis) is 1. The highest BCUT2D eigenvalue weighted by molar-refractivity contribution is 8.77. The van der Waals surface area contributed by atoms with Crippen LogP contribution in [0.4, 0.5) is 4.79 Å². The van der Waals surface area contributed by atoms with Crippen LogP contribution in [0, 0.1) is 0 Å². The molecule has 1 saturated heterocycles. The number of carbonyl (C=O) groups excluding carboxylic acids is 1. The van der Waals surface area contributed by atoms with E-state index in [0.29, 0.717) is 6.61 Å². The third kappa shape index (κ3) is 2.79. The summed E-state index contributed by atoms with van der Waals surface area (Å²) >= 11 is 0. The van der Waals surface area contributed by atoms with E-state index in [4.69, 9.17) is 4.74 Å². The van der Waals surface area contributed by atoms with Crippen LogP contribution in [0.3, 0.4) is 0 Å². The van der Waals surface area contributed by atoms with E-state index < -0.39 is 0 Å². The maximum Gasteiger partial charge on any atom is 0.407 e. The Hall–Kier alpha value is -0.0300. The third-order valence-corrected chi connectivity index (χ3v) is 4.40. The third-order valence-electron chi connectivity index (χ3n) is 1.52. The summed E-state index contributed by atoms with van der Waals surface area (Å²) < 4.78 is 4.80. The van der Waals surface area contributed by atoms with Gasteiger partial charge in [0.1, 0.15) is 0 Å². The van der Waals surface area contributed by atoms with Crippen molar-refractivity contribution in [2.45, 2.75) is 19.4 Å². The van der Waals surface area contributed by atoms with Crippen LogP contribution in [0.1, 0.15) is 13.8 Å². The first-order valence-corrected chi connectivity index (χ1v) is 6.34. The van der Waals surface area contributed by atoms with Gasteiger partial charge in [-0.2, -0.15) is 0 Å². The zero-order valence-electron chi connectivity index (χ0n) is 7.25. The second-order valence-electron chi connectivity index (χ2n) is 2.93. The normalized spacial score (nSPS) is 20.5. The molecule has 0 atom stereocenters. The largest absolute Gasteiger partial charge is 0.450 e. The van der Waals surface area contributed by atoms with Gasteiger partial charge >= 0.3 is 6.09 Å². The molecule has 0 aliphatic carbocycles. The van der Waals surface area contributed by atoms with Gasteiger partial charge in [-0.15, -0.1) is 0 Å². The molecule has 1 heterocycles. The first-order chi connectivity index (χ1) is 5.66. The molecule has 0 spiro atoms. The predicted octanol–water partition coefficient (Wildman–Crippen LogP) is 1.89. The molecule has 70 valence electrons. The van der Waals surface area contributed by atoms with Gasteiger partial charge in [-0.3, -0.25) is 0 Å². The Morgan fingerprint density at radius 2 is 2.17 bits per heavy atom. The lowest BCUT2D eigenvalue weighted by molar-refractivity contribution is 0.144. The molecular formula is C7H13NO2S2. The van der Waals surface area contributed by atoms with E-state index in [2.05, 4.69) is 5.32 Å². The maximum absolute atomic E-state index is 11.1. The molecule has 0 radical (unpaired) electrons. The van der Waals surface area contributed by atoms with Crippen LogP contribution in [0.15, 0.2) is 0 Å². The summed E-state index contributed by atoms with van der Waals surface area (Å²) in [5, 5.41) is 2.85. The molecule has 0 aromatic carbocycles. The fraction of sp³-hybridized carbons (Fsp3) is 0.857. The molecule has 1 amide bonds. The fourth-order valence-electron chi connectivity index (χ4n) is 0.871. The van der Waals surface area contributed by atoms with E-state index in [9.17, 15) is 4.79 Å². The fourth-order valence-corrected chi connectivity index (χ4v) is 4.10. The van der Waals surface area contributed by atoms with Gasteiger partial charge in [0.05, 0.1) is 12.1 Å². The van der Waals surface area contributed by atoms with Crippen molar-refractivity contribution in [3.63, 3.8) is 0 Å². The highest BCUT2D eigenvalue weighted by atomic mass is 33.1. The van der Waals surface area contributed by atoms with Crippen LogP contribution < -0.4 is 5.32 Å². The molecule has 1 aliphatic rings. The minimum atomic E-state index is -0.303. The van der Waals surface area contributed by atoms with Crippen LogP contribution in [0.2, 0.25) is 0 Å². The highest BCUT2D eigenvalue weighted by Crippen LogP contribution is 2.37. The topological polar surface area (TPSA) is 38.3 Å². The molecular weight excluding hydrogens is 194 g/mol. The first kappa shape index (κ1) is 10.1. The van der Waals surface area contributed by atoms with Crippen molar-refractivity contribution in [3.05, 3.63) is 0 Å². The van der Waals surface area contributed by atoms with Crippen molar-refractivity contribution < 1.29 is 9.53 Å². The SMILES string of the molecule is CCOC(=O)NC1(C)CSSC1. The lowest BCUT2D eigenvalue weighted by atomic mass is 10.1. The number of ether oxygens (including phenoxy) is 1. The van der Waals surface area contributed by atoms with E-state index in [0.717, 1.165) is 11.5 Å². The van der Waals surface area contributed by atoms with Crippen molar-refractivity contribution in [2.75, 3.05) is 18.1 Å². The molecule has 12 heavy (non-hydrogen) atoms. The summed E-state index contributed by atoms with van der Waals surface area (Å²) in [5.41, 5.74) is -0.0818. The molecule has 3 nitrogen and oxygen atoms in total. The maximum atomic E-state index is 11.1. The van der Waals surface area contributed by atoms with Crippen molar-refractivity contribution in [1.82, 2.24) is 5.32 Å². The van der Waals surface area contributed by atoms with E-state index >= 15 is 0 Å². The van der Waals surface area contributed by atoms with Crippen LogP contribution in [0.5, 0.6) is 0 Å². The minimum Gasteiger partial charge on any atom is -0.450 e. The second kappa shape index (κ2) is 4.28. The number of nitrogens with one attached hydrogen (secondary N) is 1. The van der Waals surface area contributed by atoms with E-state index in [1.54, 1.807) is 28.5 Å². The number of carbonyl (C=O) groups is 1. The number of hydrogen-bond donors (Lipinski definition) is 1. The molecule has 5 heteroatoms. The van der Waals surface area contributed by atoms with Gasteiger partial charge in [0.25, 0.3) is 0 Å². The Balaban J connectivity index is 2.33. The molecule has 1 aliphatic heterocycles. The van der Waals surface area contributed by atoms with Crippen LogP contribution in [-0.4, -0.2) is 29.7 Å². The lowest BCUT2D eigenvalue weighted by Gasteiger charge is -2.22.